The lowest BCUT2D eigenvalue weighted by atomic mass is 9.81. The molecule has 0 radical (unpaired) electrons. The third kappa shape index (κ3) is 6.67. The van der Waals surface area contributed by atoms with Crippen molar-refractivity contribution in [2.75, 3.05) is 13.1 Å². The van der Waals surface area contributed by atoms with E-state index in [1.807, 2.05) is 0 Å². The van der Waals surface area contributed by atoms with Crippen LogP contribution in [0.1, 0.15) is 58.3 Å². The molecule has 0 unspecified atom stereocenters. The van der Waals surface area contributed by atoms with Gasteiger partial charge < -0.3 is 11.1 Å². The van der Waals surface area contributed by atoms with Gasteiger partial charge in [0.2, 0.25) is 5.91 Å². The van der Waals surface area contributed by atoms with Gasteiger partial charge in [0.25, 0.3) is 0 Å². The van der Waals surface area contributed by atoms with Gasteiger partial charge in [-0.1, -0.05) is 32.6 Å². The molecule has 0 aromatic rings. The topological polar surface area (TPSA) is 55.1 Å². The van der Waals surface area contributed by atoms with Gasteiger partial charge >= 0.3 is 0 Å². The number of nitrogens with two attached hydrogens (primary N) is 1. The minimum Gasteiger partial charge on any atom is -0.356 e. The van der Waals surface area contributed by atoms with E-state index in [2.05, 4.69) is 12.2 Å². The van der Waals surface area contributed by atoms with Gasteiger partial charge in [-0.2, -0.15) is 0 Å². The van der Waals surface area contributed by atoms with Crippen molar-refractivity contribution >= 4 is 5.91 Å². The van der Waals surface area contributed by atoms with Crippen molar-refractivity contribution in [3.63, 3.8) is 0 Å². The molecule has 0 aromatic carbocycles. The fourth-order valence-electron chi connectivity index (χ4n) is 2.55. The zero-order valence-electron chi connectivity index (χ0n) is 11.2. The van der Waals surface area contributed by atoms with Crippen LogP contribution < -0.4 is 11.1 Å². The van der Waals surface area contributed by atoms with Gasteiger partial charge in [-0.05, 0) is 37.6 Å². The van der Waals surface area contributed by atoms with Crippen LogP contribution in [0.25, 0.3) is 0 Å². The Morgan fingerprint density at radius 3 is 2.59 bits per heavy atom. The Bertz CT molecular complexity index is 210. The normalized spacial score (nSPS) is 24.6. The Morgan fingerprint density at radius 1 is 1.24 bits per heavy atom. The second-order valence-electron chi connectivity index (χ2n) is 5.51. The molecular weight excluding hydrogens is 212 g/mol. The van der Waals surface area contributed by atoms with Gasteiger partial charge in [0.05, 0.1) is 0 Å². The average molecular weight is 240 g/mol. The quantitative estimate of drug-likeness (QED) is 0.672. The molecule has 17 heavy (non-hydrogen) atoms. The summed E-state index contributed by atoms with van der Waals surface area (Å²) in [4.78, 5) is 11.5. The molecule has 0 aromatic heterocycles. The van der Waals surface area contributed by atoms with E-state index in [0.29, 0.717) is 13.0 Å². The number of carbonyl (C=O) groups is 1. The summed E-state index contributed by atoms with van der Waals surface area (Å²) in [6.45, 7) is 3.89. The highest BCUT2D eigenvalue weighted by atomic mass is 16.1. The third-order valence-corrected chi connectivity index (χ3v) is 3.87. The number of unbranched alkanes of at least 4 members (excludes halogenated alkanes) is 1. The Balaban J connectivity index is 1.97. The summed E-state index contributed by atoms with van der Waals surface area (Å²) in [7, 11) is 0. The van der Waals surface area contributed by atoms with E-state index >= 15 is 0 Å². The average Bonchev–Trinajstić information content (AvgIpc) is 2.32. The molecule has 0 aliphatic heterocycles. The maximum Gasteiger partial charge on any atom is 0.219 e. The van der Waals surface area contributed by atoms with Crippen LogP contribution in [0.15, 0.2) is 0 Å². The molecule has 0 saturated heterocycles. The number of rotatable bonds is 7. The molecule has 1 rings (SSSR count). The van der Waals surface area contributed by atoms with Crippen LogP contribution in [0, 0.1) is 11.8 Å². The number of hydrogen-bond donors (Lipinski definition) is 2. The largest absolute Gasteiger partial charge is 0.356 e. The van der Waals surface area contributed by atoms with E-state index in [0.717, 1.165) is 37.6 Å². The van der Waals surface area contributed by atoms with Crippen molar-refractivity contribution < 1.29 is 4.79 Å². The van der Waals surface area contributed by atoms with Crippen LogP contribution in [0.5, 0.6) is 0 Å². The van der Waals surface area contributed by atoms with Crippen LogP contribution >= 0.6 is 0 Å². The summed E-state index contributed by atoms with van der Waals surface area (Å²) in [5, 5.41) is 3.02. The monoisotopic (exact) mass is 240 g/mol. The molecule has 3 nitrogen and oxygen atoms in total. The van der Waals surface area contributed by atoms with Gasteiger partial charge in [0, 0.05) is 13.0 Å². The molecule has 3 heteroatoms. The van der Waals surface area contributed by atoms with E-state index in [-0.39, 0.29) is 5.91 Å². The predicted octanol–water partition coefficient (Wildman–Crippen LogP) is 2.45. The molecule has 1 fully saturated rings. The number of nitrogens with one attached hydrogen (secondary N) is 1. The zero-order chi connectivity index (χ0) is 12.5. The molecule has 1 saturated carbocycles. The molecule has 0 atom stereocenters. The van der Waals surface area contributed by atoms with Crippen molar-refractivity contribution in [3.8, 4) is 0 Å². The van der Waals surface area contributed by atoms with Crippen molar-refractivity contribution in [2.45, 2.75) is 58.3 Å². The second kappa shape index (κ2) is 8.51. The smallest absolute Gasteiger partial charge is 0.219 e. The lowest BCUT2D eigenvalue weighted by Gasteiger charge is -2.26. The van der Waals surface area contributed by atoms with Crippen molar-refractivity contribution in [2.24, 2.45) is 17.6 Å². The number of amides is 1. The molecule has 3 N–H and O–H groups in total. The maximum absolute atomic E-state index is 11.5. The van der Waals surface area contributed by atoms with Gasteiger partial charge in [-0.25, -0.2) is 0 Å². The molecule has 0 heterocycles. The third-order valence-electron chi connectivity index (χ3n) is 3.87. The molecule has 0 bridgehead atoms. The first-order valence-corrected chi connectivity index (χ1v) is 7.19. The molecule has 1 aliphatic rings. The summed E-state index contributed by atoms with van der Waals surface area (Å²) >= 11 is 0. The van der Waals surface area contributed by atoms with Gasteiger partial charge in [-0.15, -0.1) is 0 Å². The van der Waals surface area contributed by atoms with Crippen LogP contribution in [-0.2, 0) is 4.79 Å². The van der Waals surface area contributed by atoms with Crippen LogP contribution in [0.3, 0.4) is 0 Å². The number of carbonyl (C=O) groups excluding carboxylic acids is 1. The second-order valence-corrected chi connectivity index (χ2v) is 5.51. The first-order valence-electron chi connectivity index (χ1n) is 7.19. The molecule has 0 spiro atoms. The fraction of sp³-hybridized carbons (Fsp3) is 0.929. The van der Waals surface area contributed by atoms with Gasteiger partial charge in [-0.3, -0.25) is 4.79 Å². The highest BCUT2D eigenvalue weighted by Gasteiger charge is 2.17. The summed E-state index contributed by atoms with van der Waals surface area (Å²) in [6, 6.07) is 0. The highest BCUT2D eigenvalue weighted by molar-refractivity contribution is 5.75. The van der Waals surface area contributed by atoms with Gasteiger partial charge in [0.1, 0.15) is 0 Å². The standard InChI is InChI=1S/C14H28N2O/c1-12-5-7-13(8-6-12)9-11-16-14(17)4-2-3-10-15/h12-13H,2-11,15H2,1H3,(H,16,17). The number of hydrogen-bond acceptors (Lipinski definition) is 2. The molecular formula is C14H28N2O. The summed E-state index contributed by atoms with van der Waals surface area (Å²) in [6.07, 6.45) is 9.12. The van der Waals surface area contributed by atoms with E-state index < -0.39 is 0 Å². The van der Waals surface area contributed by atoms with E-state index in [9.17, 15) is 4.79 Å². The van der Waals surface area contributed by atoms with Crippen LogP contribution in [0.4, 0.5) is 0 Å². The molecule has 1 amide bonds. The Hall–Kier alpha value is -0.570. The summed E-state index contributed by atoms with van der Waals surface area (Å²) in [5.74, 6) is 1.95. The Kier molecular flexibility index (Phi) is 7.25. The SMILES string of the molecule is CC1CCC(CCNC(=O)CCCCN)CC1. The zero-order valence-corrected chi connectivity index (χ0v) is 11.2. The summed E-state index contributed by atoms with van der Waals surface area (Å²) < 4.78 is 0. The highest BCUT2D eigenvalue weighted by Crippen LogP contribution is 2.29. The van der Waals surface area contributed by atoms with Crippen molar-refractivity contribution in [3.05, 3.63) is 0 Å². The lowest BCUT2D eigenvalue weighted by molar-refractivity contribution is -0.121. The first kappa shape index (κ1) is 14.5. The maximum atomic E-state index is 11.5. The summed E-state index contributed by atoms with van der Waals surface area (Å²) in [5.41, 5.74) is 5.39. The van der Waals surface area contributed by atoms with Crippen LogP contribution in [0.2, 0.25) is 0 Å². The van der Waals surface area contributed by atoms with Crippen molar-refractivity contribution in [1.29, 1.82) is 0 Å². The van der Waals surface area contributed by atoms with E-state index in [1.54, 1.807) is 0 Å². The minimum absolute atomic E-state index is 0.197. The van der Waals surface area contributed by atoms with Gasteiger partial charge in [0.15, 0.2) is 0 Å². The molecule has 100 valence electrons. The predicted molar refractivity (Wildman–Crippen MR) is 71.7 cm³/mol. The fourth-order valence-corrected chi connectivity index (χ4v) is 2.55. The van der Waals surface area contributed by atoms with Crippen LogP contribution in [-0.4, -0.2) is 19.0 Å². The van der Waals surface area contributed by atoms with Crippen molar-refractivity contribution in [1.82, 2.24) is 5.32 Å². The minimum atomic E-state index is 0.197. The Morgan fingerprint density at radius 2 is 1.94 bits per heavy atom. The first-order chi connectivity index (χ1) is 8.22. The molecule has 1 aliphatic carbocycles. The van der Waals surface area contributed by atoms with E-state index in [4.69, 9.17) is 5.73 Å². The Labute approximate surface area is 106 Å². The van der Waals surface area contributed by atoms with E-state index in [1.165, 1.54) is 25.7 Å². The lowest BCUT2D eigenvalue weighted by Crippen LogP contribution is -2.26.